The second-order valence-corrected chi connectivity index (χ2v) is 12.3. The van der Waals surface area contributed by atoms with Gasteiger partial charge in [-0.05, 0) is 99.3 Å². The van der Waals surface area contributed by atoms with Crippen molar-refractivity contribution in [1.29, 1.82) is 0 Å². The minimum absolute atomic E-state index is 0.0449. The van der Waals surface area contributed by atoms with Gasteiger partial charge >= 0.3 is 24.1 Å². The normalized spacial score (nSPS) is 14.4. The van der Waals surface area contributed by atoms with Crippen molar-refractivity contribution in [3.8, 4) is 11.5 Å². The summed E-state index contributed by atoms with van der Waals surface area (Å²) in [6.45, 7) is 19.1. The molecule has 10 heteroatoms. The predicted molar refractivity (Wildman–Crippen MR) is 150 cm³/mol. The second kappa shape index (κ2) is 14.0. The Morgan fingerprint density at radius 2 is 1.25 bits per heavy atom. The van der Waals surface area contributed by atoms with Gasteiger partial charge in [0.2, 0.25) is 0 Å². The van der Waals surface area contributed by atoms with E-state index in [2.05, 4.69) is 0 Å². The summed E-state index contributed by atoms with van der Waals surface area (Å²) in [4.78, 5) is 50.2. The highest BCUT2D eigenvalue weighted by atomic mass is 16.7. The number of nitrogens with two attached hydrogens (primary N) is 1. The quantitative estimate of drug-likeness (QED) is 0.255. The summed E-state index contributed by atoms with van der Waals surface area (Å²) in [6, 6.07) is 3.60. The molecule has 0 bridgehead atoms. The van der Waals surface area contributed by atoms with Crippen LogP contribution >= 0.6 is 0 Å². The van der Waals surface area contributed by atoms with Crippen LogP contribution in [-0.2, 0) is 35.0 Å². The van der Waals surface area contributed by atoms with E-state index in [0.29, 0.717) is 18.4 Å². The van der Waals surface area contributed by atoms with E-state index in [1.165, 1.54) is 12.1 Å². The van der Waals surface area contributed by atoms with E-state index in [-0.39, 0.29) is 17.9 Å². The number of ether oxygens (including phenoxy) is 5. The van der Waals surface area contributed by atoms with Crippen LogP contribution in [0.2, 0.25) is 0 Å². The van der Waals surface area contributed by atoms with Crippen molar-refractivity contribution in [3.63, 3.8) is 0 Å². The van der Waals surface area contributed by atoms with E-state index in [4.69, 9.17) is 29.4 Å². The van der Waals surface area contributed by atoms with Crippen molar-refractivity contribution in [3.05, 3.63) is 23.8 Å². The van der Waals surface area contributed by atoms with E-state index in [1.54, 1.807) is 68.4 Å². The van der Waals surface area contributed by atoms with E-state index in [1.807, 2.05) is 13.8 Å². The Kier molecular flexibility index (Phi) is 12.2. The fourth-order valence-electron chi connectivity index (χ4n) is 2.83. The van der Waals surface area contributed by atoms with Gasteiger partial charge in [0.25, 0.3) is 0 Å². The Hall–Kier alpha value is -3.14. The van der Waals surface area contributed by atoms with Crippen molar-refractivity contribution >= 4 is 24.1 Å². The molecule has 0 fully saturated rings. The summed E-state index contributed by atoms with van der Waals surface area (Å²) in [5.74, 6) is -1.52. The smallest absolute Gasteiger partial charge is 0.458 e. The van der Waals surface area contributed by atoms with E-state index >= 15 is 0 Å². The van der Waals surface area contributed by atoms with Crippen LogP contribution in [0.4, 0.5) is 4.79 Å². The molecule has 1 rings (SSSR count). The van der Waals surface area contributed by atoms with Gasteiger partial charge in [-0.3, -0.25) is 14.4 Å². The fourth-order valence-corrected chi connectivity index (χ4v) is 2.83. The lowest BCUT2D eigenvalue weighted by molar-refractivity contribution is -0.156. The zero-order chi connectivity index (χ0) is 31.1. The molecule has 1 aromatic carbocycles. The predicted octanol–water partition coefficient (Wildman–Crippen LogP) is 5.51. The molecule has 0 aromatic heterocycles. The fraction of sp³-hybridized carbons (Fsp3) is 0.667. The summed E-state index contributed by atoms with van der Waals surface area (Å²) in [6.07, 6.45) is -1.30. The molecule has 0 aliphatic carbocycles. The summed E-state index contributed by atoms with van der Waals surface area (Å²) in [5, 5.41) is 0. The minimum atomic E-state index is -1.07. The number of esters is 3. The van der Waals surface area contributed by atoms with Crippen LogP contribution in [0.1, 0.15) is 94.6 Å². The van der Waals surface area contributed by atoms with Crippen molar-refractivity contribution in [2.24, 2.45) is 16.6 Å². The van der Waals surface area contributed by atoms with E-state index in [0.717, 1.165) is 0 Å². The van der Waals surface area contributed by atoms with Crippen LogP contribution in [0.25, 0.3) is 0 Å². The molecule has 0 heterocycles. The van der Waals surface area contributed by atoms with Crippen LogP contribution < -0.4 is 15.2 Å². The zero-order valence-electron chi connectivity index (χ0n) is 25.8. The van der Waals surface area contributed by atoms with E-state index < -0.39 is 58.7 Å². The number of hydrogen-bond donors (Lipinski definition) is 1. The number of carbonyl (C=O) groups is 4. The molecule has 0 saturated heterocycles. The maximum absolute atomic E-state index is 12.8. The zero-order valence-corrected chi connectivity index (χ0v) is 25.8. The van der Waals surface area contributed by atoms with Gasteiger partial charge in [-0.25, -0.2) is 4.79 Å². The van der Waals surface area contributed by atoms with Gasteiger partial charge in [0.1, 0.15) is 23.9 Å². The molecule has 1 unspecified atom stereocenters. The minimum Gasteiger partial charge on any atom is -0.458 e. The van der Waals surface area contributed by atoms with Crippen LogP contribution in [-0.4, -0.2) is 47.9 Å². The Labute approximate surface area is 238 Å². The molecule has 226 valence electrons. The molecular weight excluding hydrogens is 518 g/mol. The number of benzene rings is 1. The number of hydrogen-bond acceptors (Lipinski definition) is 10. The van der Waals surface area contributed by atoms with Crippen LogP contribution in [0.3, 0.4) is 0 Å². The topological polar surface area (TPSA) is 140 Å². The molecular formula is C30H47NO9. The third-order valence-electron chi connectivity index (χ3n) is 6.68. The third-order valence-corrected chi connectivity index (χ3v) is 6.68. The Balaban J connectivity index is 3.05. The van der Waals surface area contributed by atoms with Gasteiger partial charge in [0.15, 0.2) is 11.5 Å². The first-order valence-corrected chi connectivity index (χ1v) is 13.7. The molecule has 2 N–H and O–H groups in total. The van der Waals surface area contributed by atoms with Crippen molar-refractivity contribution in [2.75, 3.05) is 0 Å². The largest absolute Gasteiger partial charge is 0.509 e. The molecule has 0 aliphatic rings. The van der Waals surface area contributed by atoms with Gasteiger partial charge in [-0.2, -0.15) is 0 Å². The molecule has 0 saturated carbocycles. The maximum atomic E-state index is 12.8. The second-order valence-electron chi connectivity index (χ2n) is 12.3. The van der Waals surface area contributed by atoms with Gasteiger partial charge in [0.05, 0.1) is 10.8 Å². The standard InChI is InChI=1S/C30H47NO9/c1-12-29(8,9)25(33)38-22-15-14-20(17-23(22)39-26(34)30(10,11)13-2)16-21(31)24(32)36-18(3)19(4)37-27(35)40-28(5,6)7/h14-15,17-19,21H,12-13,16,31H2,1-11H3/t18-,19?,21-/m0/s1. The first-order valence-electron chi connectivity index (χ1n) is 13.7. The molecule has 0 radical (unpaired) electrons. The summed E-state index contributed by atoms with van der Waals surface area (Å²) >= 11 is 0. The summed E-state index contributed by atoms with van der Waals surface area (Å²) in [5.41, 5.74) is 4.44. The highest BCUT2D eigenvalue weighted by Gasteiger charge is 2.32. The molecule has 1 aromatic rings. The van der Waals surface area contributed by atoms with Crippen LogP contribution in [0, 0.1) is 10.8 Å². The molecule has 3 atom stereocenters. The van der Waals surface area contributed by atoms with E-state index in [9.17, 15) is 19.2 Å². The van der Waals surface area contributed by atoms with Gasteiger partial charge in [-0.1, -0.05) is 19.9 Å². The van der Waals surface area contributed by atoms with Gasteiger partial charge in [0, 0.05) is 0 Å². The average Bonchev–Trinajstić information content (AvgIpc) is 2.83. The average molecular weight is 566 g/mol. The lowest BCUT2D eigenvalue weighted by atomic mass is 9.90. The maximum Gasteiger partial charge on any atom is 0.509 e. The first kappa shape index (κ1) is 34.9. The monoisotopic (exact) mass is 565 g/mol. The van der Waals surface area contributed by atoms with Gasteiger partial charge < -0.3 is 29.4 Å². The van der Waals surface area contributed by atoms with Crippen molar-refractivity contribution in [2.45, 2.75) is 119 Å². The molecule has 0 spiro atoms. The summed E-state index contributed by atoms with van der Waals surface area (Å²) < 4.78 is 27.0. The Morgan fingerprint density at radius 1 is 0.775 bits per heavy atom. The summed E-state index contributed by atoms with van der Waals surface area (Å²) in [7, 11) is 0. The Bertz CT molecular complexity index is 1060. The first-order chi connectivity index (χ1) is 18.2. The van der Waals surface area contributed by atoms with Crippen LogP contribution in [0.15, 0.2) is 18.2 Å². The Morgan fingerprint density at radius 3 is 1.73 bits per heavy atom. The molecule has 10 nitrogen and oxygen atoms in total. The molecule has 0 aliphatic heterocycles. The lowest BCUT2D eigenvalue weighted by Gasteiger charge is -2.25. The molecule has 40 heavy (non-hydrogen) atoms. The highest BCUT2D eigenvalue weighted by molar-refractivity contribution is 5.81. The van der Waals surface area contributed by atoms with Crippen molar-refractivity contribution in [1.82, 2.24) is 0 Å². The van der Waals surface area contributed by atoms with Gasteiger partial charge in [-0.15, -0.1) is 0 Å². The molecule has 0 amide bonds. The van der Waals surface area contributed by atoms with Crippen LogP contribution in [0.5, 0.6) is 11.5 Å². The lowest BCUT2D eigenvalue weighted by Crippen LogP contribution is -2.40. The highest BCUT2D eigenvalue weighted by Crippen LogP contribution is 2.34. The third kappa shape index (κ3) is 10.8. The van der Waals surface area contributed by atoms with Crippen molar-refractivity contribution < 1.29 is 42.9 Å². The number of carbonyl (C=O) groups excluding carboxylic acids is 4. The number of rotatable bonds is 12. The SMILES string of the molecule is CCC(C)(C)C(=O)Oc1ccc(C[C@H](N)C(=O)O[C@@H](C)C(C)OC(=O)OC(C)(C)C)cc1OC(=O)C(C)(C)CC.